The van der Waals surface area contributed by atoms with Crippen LogP contribution in [0.3, 0.4) is 0 Å². The van der Waals surface area contributed by atoms with Gasteiger partial charge in [0.05, 0.1) is 22.4 Å². The number of phenols is 1. The van der Waals surface area contributed by atoms with Crippen LogP contribution in [0.2, 0.25) is 0 Å². The van der Waals surface area contributed by atoms with Crippen LogP contribution in [0.15, 0.2) is 85.1 Å². The molecular formula is C23H17N5O. The van der Waals surface area contributed by atoms with Gasteiger partial charge in [-0.1, -0.05) is 30.3 Å². The Balaban J connectivity index is 1.43. The van der Waals surface area contributed by atoms with Crippen molar-refractivity contribution in [3.63, 3.8) is 0 Å². The molecular weight excluding hydrogens is 362 g/mol. The Morgan fingerprint density at radius 3 is 2.59 bits per heavy atom. The molecule has 0 aliphatic rings. The predicted octanol–water partition coefficient (Wildman–Crippen LogP) is 5.14. The number of hydrogen-bond acceptors (Lipinski definition) is 5. The molecule has 2 aromatic heterocycles. The molecule has 0 saturated heterocycles. The van der Waals surface area contributed by atoms with Gasteiger partial charge in [-0.05, 0) is 48.5 Å². The topological polar surface area (TPSA) is 86.7 Å². The number of para-hydroxylation sites is 2. The van der Waals surface area contributed by atoms with Crippen molar-refractivity contribution in [2.45, 2.75) is 0 Å². The first-order valence-corrected chi connectivity index (χ1v) is 9.19. The van der Waals surface area contributed by atoms with Gasteiger partial charge in [0.25, 0.3) is 0 Å². The third kappa shape index (κ3) is 3.39. The van der Waals surface area contributed by atoms with Crippen LogP contribution in [-0.4, -0.2) is 25.3 Å². The summed E-state index contributed by atoms with van der Waals surface area (Å²) < 4.78 is 0. The smallest absolute Gasteiger partial charge is 0.139 e. The molecule has 0 fully saturated rings. The summed E-state index contributed by atoms with van der Waals surface area (Å²) in [5.74, 6) is 0.944. The number of aromatic nitrogens is 4. The zero-order valence-corrected chi connectivity index (χ0v) is 15.4. The van der Waals surface area contributed by atoms with Gasteiger partial charge in [-0.2, -0.15) is 10.2 Å². The van der Waals surface area contributed by atoms with Crippen molar-refractivity contribution in [1.82, 2.24) is 20.2 Å². The Hall–Kier alpha value is -4.19. The standard InChI is InChI=1S/C23H17N5O/c29-22-14-15(18-9-4-12-24-28-18)10-11-21(22)25-17-6-3-5-16(13-17)23-26-19-7-1-2-8-20(19)27-23/h1-14,25,29H,(H,26,27). The van der Waals surface area contributed by atoms with Gasteiger partial charge in [-0.15, -0.1) is 0 Å². The number of nitrogens with one attached hydrogen (secondary N) is 2. The molecule has 2 heterocycles. The van der Waals surface area contributed by atoms with Crippen LogP contribution >= 0.6 is 0 Å². The van der Waals surface area contributed by atoms with Crippen molar-refractivity contribution in [2.24, 2.45) is 0 Å². The van der Waals surface area contributed by atoms with E-state index in [0.29, 0.717) is 11.4 Å². The maximum absolute atomic E-state index is 10.5. The largest absolute Gasteiger partial charge is 0.506 e. The minimum atomic E-state index is 0.141. The number of hydrogen-bond donors (Lipinski definition) is 3. The summed E-state index contributed by atoms with van der Waals surface area (Å²) in [4.78, 5) is 7.99. The molecule has 6 nitrogen and oxygen atoms in total. The minimum Gasteiger partial charge on any atom is -0.506 e. The van der Waals surface area contributed by atoms with Crippen molar-refractivity contribution in [3.05, 3.63) is 85.1 Å². The van der Waals surface area contributed by atoms with Gasteiger partial charge in [0.2, 0.25) is 0 Å². The summed E-state index contributed by atoms with van der Waals surface area (Å²) in [6.07, 6.45) is 1.62. The summed E-state index contributed by atoms with van der Waals surface area (Å²) in [6.45, 7) is 0. The molecule has 0 atom stereocenters. The fourth-order valence-corrected chi connectivity index (χ4v) is 3.24. The van der Waals surface area contributed by atoms with Crippen LogP contribution in [0.5, 0.6) is 5.75 Å². The number of benzene rings is 3. The molecule has 29 heavy (non-hydrogen) atoms. The van der Waals surface area contributed by atoms with Crippen LogP contribution in [0, 0.1) is 0 Å². The predicted molar refractivity (Wildman–Crippen MR) is 114 cm³/mol. The molecule has 0 spiro atoms. The summed E-state index contributed by atoms with van der Waals surface area (Å²) in [7, 11) is 0. The number of fused-ring (bicyclic) bond motifs is 1. The molecule has 140 valence electrons. The maximum atomic E-state index is 10.5. The highest BCUT2D eigenvalue weighted by atomic mass is 16.3. The van der Waals surface area contributed by atoms with E-state index in [1.165, 1.54) is 0 Å². The lowest BCUT2D eigenvalue weighted by atomic mass is 10.1. The fraction of sp³-hybridized carbons (Fsp3) is 0. The van der Waals surface area contributed by atoms with Gasteiger partial charge >= 0.3 is 0 Å². The number of rotatable bonds is 4. The van der Waals surface area contributed by atoms with E-state index in [4.69, 9.17) is 0 Å². The van der Waals surface area contributed by atoms with Crippen molar-refractivity contribution in [3.8, 4) is 28.4 Å². The maximum Gasteiger partial charge on any atom is 0.139 e. The van der Waals surface area contributed by atoms with Crippen molar-refractivity contribution in [1.29, 1.82) is 0 Å². The molecule has 5 aromatic rings. The molecule has 0 saturated carbocycles. The lowest BCUT2D eigenvalue weighted by Gasteiger charge is -2.11. The molecule has 0 radical (unpaired) electrons. The molecule has 3 N–H and O–H groups in total. The zero-order valence-electron chi connectivity index (χ0n) is 15.4. The van der Waals surface area contributed by atoms with E-state index < -0.39 is 0 Å². The number of aromatic hydroxyl groups is 1. The number of phenolic OH excluding ortho intramolecular Hbond substituents is 1. The first kappa shape index (κ1) is 16.9. The molecule has 0 amide bonds. The van der Waals surface area contributed by atoms with E-state index in [0.717, 1.165) is 33.7 Å². The summed E-state index contributed by atoms with van der Waals surface area (Å²) in [6, 6.07) is 24.9. The summed E-state index contributed by atoms with van der Waals surface area (Å²) >= 11 is 0. The number of aromatic amines is 1. The molecule has 5 rings (SSSR count). The first-order chi connectivity index (χ1) is 14.3. The van der Waals surface area contributed by atoms with E-state index in [9.17, 15) is 5.11 Å². The van der Waals surface area contributed by atoms with Crippen molar-refractivity contribution in [2.75, 3.05) is 5.32 Å². The average Bonchev–Trinajstić information content (AvgIpc) is 3.20. The minimum absolute atomic E-state index is 0.141. The average molecular weight is 379 g/mol. The number of imidazole rings is 1. The number of anilines is 2. The van der Waals surface area contributed by atoms with E-state index >= 15 is 0 Å². The quantitative estimate of drug-likeness (QED) is 0.377. The highest BCUT2D eigenvalue weighted by Crippen LogP contribution is 2.32. The highest BCUT2D eigenvalue weighted by Gasteiger charge is 2.08. The molecule has 6 heteroatoms. The Kier molecular flexibility index (Phi) is 4.14. The fourth-order valence-electron chi connectivity index (χ4n) is 3.24. The van der Waals surface area contributed by atoms with Gasteiger partial charge < -0.3 is 15.4 Å². The van der Waals surface area contributed by atoms with Gasteiger partial charge in [0, 0.05) is 23.0 Å². The molecule has 3 aromatic carbocycles. The Labute approximate surface area is 166 Å². The second kappa shape index (κ2) is 7.09. The van der Waals surface area contributed by atoms with Gasteiger partial charge in [-0.25, -0.2) is 4.98 Å². The van der Waals surface area contributed by atoms with E-state index in [2.05, 4.69) is 25.5 Å². The van der Waals surface area contributed by atoms with Crippen LogP contribution in [0.25, 0.3) is 33.7 Å². The Morgan fingerprint density at radius 1 is 0.828 bits per heavy atom. The third-order valence-corrected chi connectivity index (χ3v) is 4.67. The lowest BCUT2D eigenvalue weighted by molar-refractivity contribution is 0.478. The van der Waals surface area contributed by atoms with Crippen molar-refractivity contribution < 1.29 is 5.11 Å². The van der Waals surface area contributed by atoms with Gasteiger partial charge in [-0.3, -0.25) is 0 Å². The third-order valence-electron chi connectivity index (χ3n) is 4.67. The van der Waals surface area contributed by atoms with E-state index in [1.54, 1.807) is 12.3 Å². The lowest BCUT2D eigenvalue weighted by Crippen LogP contribution is -1.93. The summed E-state index contributed by atoms with van der Waals surface area (Å²) in [5, 5.41) is 21.7. The second-order valence-corrected chi connectivity index (χ2v) is 6.65. The van der Waals surface area contributed by atoms with Gasteiger partial charge in [0.1, 0.15) is 11.6 Å². The molecule has 0 unspecified atom stereocenters. The zero-order chi connectivity index (χ0) is 19.6. The molecule has 0 aliphatic carbocycles. The number of nitrogens with zero attached hydrogens (tertiary/aromatic N) is 3. The highest BCUT2D eigenvalue weighted by molar-refractivity contribution is 5.80. The second-order valence-electron chi connectivity index (χ2n) is 6.65. The number of H-pyrrole nitrogens is 1. The van der Waals surface area contributed by atoms with Gasteiger partial charge in [0.15, 0.2) is 0 Å². The van der Waals surface area contributed by atoms with E-state index in [1.807, 2.05) is 72.8 Å². The monoisotopic (exact) mass is 379 g/mol. The van der Waals surface area contributed by atoms with E-state index in [-0.39, 0.29) is 5.75 Å². The van der Waals surface area contributed by atoms with Crippen LogP contribution in [-0.2, 0) is 0 Å². The summed E-state index contributed by atoms with van der Waals surface area (Å²) in [5.41, 5.74) is 5.86. The van der Waals surface area contributed by atoms with Crippen LogP contribution in [0.1, 0.15) is 0 Å². The van der Waals surface area contributed by atoms with Crippen LogP contribution in [0.4, 0.5) is 11.4 Å². The Bertz CT molecular complexity index is 1260. The Morgan fingerprint density at radius 2 is 1.76 bits per heavy atom. The first-order valence-electron chi connectivity index (χ1n) is 9.19. The SMILES string of the molecule is Oc1cc(-c2cccnn2)ccc1Nc1cccc(-c2nc3ccccc3[nH]2)c1. The molecule has 0 aliphatic heterocycles. The van der Waals surface area contributed by atoms with Crippen LogP contribution < -0.4 is 5.32 Å². The normalized spacial score (nSPS) is 10.9. The molecule has 0 bridgehead atoms. The van der Waals surface area contributed by atoms with Crippen molar-refractivity contribution >= 4 is 22.4 Å².